The monoisotopic (exact) mass is 275 g/mol. The van der Waals surface area contributed by atoms with Crippen molar-refractivity contribution in [1.29, 1.82) is 0 Å². The van der Waals surface area contributed by atoms with Gasteiger partial charge >= 0.3 is 0 Å². The first-order chi connectivity index (χ1) is 9.22. The summed E-state index contributed by atoms with van der Waals surface area (Å²) in [6.07, 6.45) is 0. The Labute approximate surface area is 112 Å². The van der Waals surface area contributed by atoms with Gasteiger partial charge in [-0.05, 0) is 23.6 Å². The molecule has 1 aliphatic heterocycles. The summed E-state index contributed by atoms with van der Waals surface area (Å²) < 4.78 is 5.18. The molecule has 7 heteroatoms. The van der Waals surface area contributed by atoms with Crippen molar-refractivity contribution < 1.29 is 14.3 Å². The minimum atomic E-state index is -0.262. The number of ether oxygens (including phenoxy) is 1. The molecule has 0 unspecified atom stereocenters. The van der Waals surface area contributed by atoms with E-state index in [-0.39, 0.29) is 18.4 Å². The van der Waals surface area contributed by atoms with Gasteiger partial charge in [-0.25, -0.2) is 4.98 Å². The smallest absolute Gasteiger partial charge is 0.266 e. The molecule has 3 heterocycles. The zero-order valence-electron chi connectivity index (χ0n) is 9.67. The van der Waals surface area contributed by atoms with E-state index < -0.39 is 0 Å². The molecule has 3 rings (SSSR count). The molecule has 1 aliphatic rings. The van der Waals surface area contributed by atoms with Crippen molar-refractivity contribution in [3.05, 3.63) is 34.5 Å². The quantitative estimate of drug-likeness (QED) is 0.874. The minimum Gasteiger partial charge on any atom is -0.480 e. The van der Waals surface area contributed by atoms with Crippen molar-refractivity contribution in [2.24, 2.45) is 0 Å². The Morgan fingerprint density at radius 2 is 2.32 bits per heavy atom. The van der Waals surface area contributed by atoms with E-state index >= 15 is 0 Å². The summed E-state index contributed by atoms with van der Waals surface area (Å²) in [5.74, 6) is 0.684. The molecule has 0 bridgehead atoms. The first-order valence-electron chi connectivity index (χ1n) is 5.51. The minimum absolute atomic E-state index is 0.0183. The van der Waals surface area contributed by atoms with Crippen LogP contribution in [0, 0.1) is 0 Å². The van der Waals surface area contributed by atoms with Crippen LogP contribution in [0.3, 0.4) is 0 Å². The summed E-state index contributed by atoms with van der Waals surface area (Å²) in [6.45, 7) is -0.0183. The molecule has 2 aromatic heterocycles. The maximum atomic E-state index is 11.8. The van der Waals surface area contributed by atoms with Crippen molar-refractivity contribution in [2.75, 3.05) is 17.2 Å². The molecule has 0 aromatic carbocycles. The number of nitrogens with zero attached hydrogens (tertiary/aromatic N) is 1. The lowest BCUT2D eigenvalue weighted by atomic mass is 10.3. The van der Waals surface area contributed by atoms with Crippen LogP contribution in [-0.4, -0.2) is 23.4 Å². The van der Waals surface area contributed by atoms with E-state index in [9.17, 15) is 9.59 Å². The van der Waals surface area contributed by atoms with Crippen LogP contribution in [0.5, 0.6) is 5.75 Å². The Hall–Kier alpha value is -2.41. The highest BCUT2D eigenvalue weighted by Crippen LogP contribution is 2.27. The lowest BCUT2D eigenvalue weighted by Gasteiger charge is -2.17. The molecule has 19 heavy (non-hydrogen) atoms. The van der Waals surface area contributed by atoms with Gasteiger partial charge in [-0.15, -0.1) is 11.3 Å². The van der Waals surface area contributed by atoms with Crippen LogP contribution in [0.25, 0.3) is 0 Å². The fourth-order valence-electron chi connectivity index (χ4n) is 1.62. The van der Waals surface area contributed by atoms with Crippen LogP contribution in [0.15, 0.2) is 29.6 Å². The normalized spacial score (nSPS) is 13.2. The molecule has 2 aromatic rings. The van der Waals surface area contributed by atoms with Gasteiger partial charge in [-0.1, -0.05) is 6.07 Å². The second-order valence-electron chi connectivity index (χ2n) is 3.81. The Morgan fingerprint density at radius 1 is 1.42 bits per heavy atom. The second kappa shape index (κ2) is 4.69. The molecule has 6 nitrogen and oxygen atoms in total. The maximum Gasteiger partial charge on any atom is 0.266 e. The number of thiophene rings is 1. The number of amides is 2. The third-order valence-corrected chi connectivity index (χ3v) is 3.33. The lowest BCUT2D eigenvalue weighted by Crippen LogP contribution is -2.26. The molecule has 0 saturated heterocycles. The largest absolute Gasteiger partial charge is 0.480 e. The van der Waals surface area contributed by atoms with E-state index in [0.29, 0.717) is 22.3 Å². The van der Waals surface area contributed by atoms with Crippen LogP contribution in [0.1, 0.15) is 9.67 Å². The number of aromatic nitrogens is 1. The van der Waals surface area contributed by atoms with E-state index in [1.807, 2.05) is 5.38 Å². The zero-order valence-corrected chi connectivity index (χ0v) is 10.5. The number of nitrogens with one attached hydrogen (secondary N) is 2. The molecular weight excluding hydrogens is 266 g/mol. The third-order valence-electron chi connectivity index (χ3n) is 2.46. The van der Waals surface area contributed by atoms with Crippen LogP contribution in [0.2, 0.25) is 0 Å². The van der Waals surface area contributed by atoms with Gasteiger partial charge in [0.05, 0.1) is 4.88 Å². The van der Waals surface area contributed by atoms with E-state index in [0.717, 1.165) is 0 Å². The highest BCUT2D eigenvalue weighted by molar-refractivity contribution is 7.12. The number of fused-ring (bicyclic) bond motifs is 1. The summed E-state index contributed by atoms with van der Waals surface area (Å²) in [6, 6.07) is 6.81. The predicted octanol–water partition coefficient (Wildman–Crippen LogP) is 1.73. The van der Waals surface area contributed by atoms with Crippen molar-refractivity contribution in [3.63, 3.8) is 0 Å². The van der Waals surface area contributed by atoms with Crippen LogP contribution >= 0.6 is 11.3 Å². The summed E-state index contributed by atoms with van der Waals surface area (Å²) in [7, 11) is 0. The molecule has 0 radical (unpaired) electrons. The second-order valence-corrected chi connectivity index (χ2v) is 4.76. The summed E-state index contributed by atoms with van der Waals surface area (Å²) in [5, 5.41) is 7.07. The SMILES string of the molecule is O=C1COc2ccc(NC(=O)c3cccs3)nc2N1. The first kappa shape index (κ1) is 11.7. The molecule has 0 aliphatic carbocycles. The van der Waals surface area contributed by atoms with Crippen molar-refractivity contribution in [1.82, 2.24) is 4.98 Å². The van der Waals surface area contributed by atoms with Gasteiger partial charge in [0.2, 0.25) is 0 Å². The molecule has 2 N–H and O–H groups in total. The molecule has 0 saturated carbocycles. The molecule has 0 spiro atoms. The van der Waals surface area contributed by atoms with Gasteiger partial charge in [0.15, 0.2) is 18.2 Å². The van der Waals surface area contributed by atoms with Crippen molar-refractivity contribution in [3.8, 4) is 5.75 Å². The predicted molar refractivity (Wildman–Crippen MR) is 70.6 cm³/mol. The average Bonchev–Trinajstić information content (AvgIpc) is 2.92. The van der Waals surface area contributed by atoms with Crippen LogP contribution in [-0.2, 0) is 4.79 Å². The van der Waals surface area contributed by atoms with Crippen molar-refractivity contribution >= 4 is 34.8 Å². The first-order valence-corrected chi connectivity index (χ1v) is 6.39. The Kier molecular flexibility index (Phi) is 2.88. The lowest BCUT2D eigenvalue weighted by molar-refractivity contribution is -0.118. The van der Waals surface area contributed by atoms with Crippen molar-refractivity contribution in [2.45, 2.75) is 0 Å². The number of hydrogen-bond donors (Lipinski definition) is 2. The number of rotatable bonds is 2. The van der Waals surface area contributed by atoms with Crippen LogP contribution in [0.4, 0.5) is 11.6 Å². The van der Waals surface area contributed by atoms with Gasteiger partial charge in [0.25, 0.3) is 11.8 Å². The number of anilines is 2. The average molecular weight is 275 g/mol. The molecule has 0 atom stereocenters. The van der Waals surface area contributed by atoms with Crippen LogP contribution < -0.4 is 15.4 Å². The molecule has 96 valence electrons. The number of carbonyl (C=O) groups is 2. The van der Waals surface area contributed by atoms with Gasteiger partial charge in [0.1, 0.15) is 5.82 Å². The highest BCUT2D eigenvalue weighted by Gasteiger charge is 2.18. The standard InChI is InChI=1S/C12H9N3O3S/c16-10-6-18-7-3-4-9(13-11(7)15-10)14-12(17)8-2-1-5-19-8/h1-5H,6H2,(H2,13,14,15,16,17). The van der Waals surface area contributed by atoms with E-state index in [4.69, 9.17) is 4.74 Å². The summed E-state index contributed by atoms with van der Waals surface area (Å²) in [4.78, 5) is 27.8. The topological polar surface area (TPSA) is 80.3 Å². The van der Waals surface area contributed by atoms with E-state index in [2.05, 4.69) is 15.6 Å². The van der Waals surface area contributed by atoms with Gasteiger partial charge < -0.3 is 15.4 Å². The third kappa shape index (κ3) is 2.41. The molecule has 2 amide bonds. The number of pyridine rings is 1. The van der Waals surface area contributed by atoms with E-state index in [1.165, 1.54) is 11.3 Å². The fourth-order valence-corrected chi connectivity index (χ4v) is 2.24. The number of carbonyl (C=O) groups excluding carboxylic acids is 2. The maximum absolute atomic E-state index is 11.8. The Bertz CT molecular complexity index is 640. The molecular formula is C12H9N3O3S. The van der Waals surface area contributed by atoms with Gasteiger partial charge in [-0.2, -0.15) is 0 Å². The highest BCUT2D eigenvalue weighted by atomic mass is 32.1. The zero-order chi connectivity index (χ0) is 13.2. The van der Waals surface area contributed by atoms with Gasteiger partial charge in [0, 0.05) is 0 Å². The van der Waals surface area contributed by atoms with E-state index in [1.54, 1.807) is 24.3 Å². The molecule has 0 fully saturated rings. The number of hydrogen-bond acceptors (Lipinski definition) is 5. The fraction of sp³-hybridized carbons (Fsp3) is 0.0833. The van der Waals surface area contributed by atoms with Gasteiger partial charge in [-0.3, -0.25) is 9.59 Å². The summed E-state index contributed by atoms with van der Waals surface area (Å²) >= 11 is 1.35. The Balaban J connectivity index is 1.81. The Morgan fingerprint density at radius 3 is 3.11 bits per heavy atom. The summed E-state index contributed by atoms with van der Waals surface area (Å²) in [5.41, 5.74) is 0.